The molecule has 0 aliphatic carbocycles. The van der Waals surface area contributed by atoms with Crippen LogP contribution in [0.25, 0.3) is 0 Å². The Kier molecular flexibility index (Phi) is 7.72. The molecule has 1 aromatic heterocycles. The number of hydrogen-bond acceptors (Lipinski definition) is 7. The lowest BCUT2D eigenvalue weighted by Crippen LogP contribution is -2.47. The van der Waals surface area contributed by atoms with Crippen LogP contribution in [0.2, 0.25) is 0 Å². The van der Waals surface area contributed by atoms with Crippen LogP contribution in [0.4, 0.5) is 38.2 Å². The highest BCUT2D eigenvalue weighted by Gasteiger charge is 2.59. The van der Waals surface area contributed by atoms with E-state index in [-0.39, 0.29) is 11.9 Å². The van der Waals surface area contributed by atoms with E-state index in [1.807, 2.05) is 13.8 Å². The number of nitrogens with zero attached hydrogens (tertiary/aromatic N) is 5. The van der Waals surface area contributed by atoms with E-state index < -0.39 is 24.5 Å². The number of aromatic nitrogens is 3. The van der Waals surface area contributed by atoms with Crippen molar-refractivity contribution in [3.05, 3.63) is 0 Å². The minimum atomic E-state index is -5.67. The van der Waals surface area contributed by atoms with Gasteiger partial charge in [0.05, 0.1) is 13.2 Å². The number of alkyl halides is 6. The van der Waals surface area contributed by atoms with Crippen LogP contribution in [0.5, 0.6) is 6.01 Å². The fourth-order valence-corrected chi connectivity index (χ4v) is 2.71. The fraction of sp³-hybridized carbons (Fsp3) is 0.812. The van der Waals surface area contributed by atoms with E-state index in [1.165, 1.54) is 0 Å². The molecule has 0 N–H and O–H groups in total. The largest absolute Gasteiger partial charge is 0.440 e. The molecule has 0 aromatic carbocycles. The molecule has 0 amide bonds. The van der Waals surface area contributed by atoms with Gasteiger partial charge in [0.25, 0.3) is 6.10 Å². The van der Waals surface area contributed by atoms with Gasteiger partial charge in [-0.2, -0.15) is 41.3 Å². The highest BCUT2D eigenvalue weighted by Crippen LogP contribution is 2.36. The van der Waals surface area contributed by atoms with Crippen LogP contribution in [0.1, 0.15) is 26.7 Å². The zero-order valence-electron chi connectivity index (χ0n) is 16.1. The van der Waals surface area contributed by atoms with E-state index in [1.54, 1.807) is 9.80 Å². The molecule has 0 unspecified atom stereocenters. The fourth-order valence-electron chi connectivity index (χ4n) is 2.71. The zero-order valence-corrected chi connectivity index (χ0v) is 16.1. The Balaban J connectivity index is 2.44. The molecule has 0 atom stereocenters. The summed E-state index contributed by atoms with van der Waals surface area (Å²) >= 11 is 0. The molecule has 1 saturated heterocycles. The topological polar surface area (TPSA) is 63.6 Å². The first-order valence-electron chi connectivity index (χ1n) is 9.20. The molecule has 1 aliphatic rings. The summed E-state index contributed by atoms with van der Waals surface area (Å²) in [6.07, 6.45) is -14.0. The summed E-state index contributed by atoms with van der Waals surface area (Å²) in [4.78, 5) is 15.0. The molecule has 0 radical (unpaired) electrons. The molecule has 166 valence electrons. The molecular weight excluding hydrogens is 408 g/mol. The Morgan fingerprint density at radius 1 is 0.966 bits per heavy atom. The molecule has 1 aliphatic heterocycles. The van der Waals surface area contributed by atoms with Crippen molar-refractivity contribution in [1.82, 2.24) is 15.0 Å². The van der Waals surface area contributed by atoms with E-state index in [4.69, 9.17) is 4.74 Å². The molecule has 29 heavy (non-hydrogen) atoms. The van der Waals surface area contributed by atoms with E-state index in [9.17, 15) is 26.3 Å². The molecule has 7 nitrogen and oxygen atoms in total. The van der Waals surface area contributed by atoms with Gasteiger partial charge in [0.2, 0.25) is 11.9 Å². The number of morpholine rings is 1. The third kappa shape index (κ3) is 6.47. The van der Waals surface area contributed by atoms with Gasteiger partial charge in [0.15, 0.2) is 0 Å². The predicted octanol–water partition coefficient (Wildman–Crippen LogP) is 3.21. The zero-order chi connectivity index (χ0) is 21.7. The summed E-state index contributed by atoms with van der Waals surface area (Å²) < 4.78 is 86.9. The van der Waals surface area contributed by atoms with Crippen molar-refractivity contribution in [2.75, 3.05) is 49.2 Å². The average Bonchev–Trinajstić information content (AvgIpc) is 2.64. The van der Waals surface area contributed by atoms with E-state index in [0.717, 1.165) is 0 Å². The molecule has 0 spiro atoms. The first-order chi connectivity index (χ1) is 13.6. The summed E-state index contributed by atoms with van der Waals surface area (Å²) in [5.41, 5.74) is 0. The lowest BCUT2D eigenvalue weighted by molar-refractivity contribution is -0.301. The van der Waals surface area contributed by atoms with Crippen LogP contribution in [-0.4, -0.2) is 72.8 Å². The van der Waals surface area contributed by atoms with E-state index in [2.05, 4.69) is 19.7 Å². The third-order valence-corrected chi connectivity index (χ3v) is 3.97. The molecule has 2 rings (SSSR count). The summed E-state index contributed by atoms with van der Waals surface area (Å²) in [6, 6.07) is -1.02. The smallest absolute Gasteiger partial charge is 0.434 e. The van der Waals surface area contributed by atoms with Gasteiger partial charge in [0, 0.05) is 26.2 Å². The van der Waals surface area contributed by atoms with Gasteiger partial charge in [-0.25, -0.2) is 0 Å². The lowest BCUT2D eigenvalue weighted by Gasteiger charge is -2.29. The monoisotopic (exact) mass is 431 g/mol. The van der Waals surface area contributed by atoms with Gasteiger partial charge in [-0.3, -0.25) is 0 Å². The average molecular weight is 431 g/mol. The maximum atomic E-state index is 12.9. The SMILES string of the molecule is CCCN(CCC)c1nc(OC(C(F)(F)F)C(F)(F)F)nc(N2CCOCC2)n1. The second-order valence-corrected chi connectivity index (χ2v) is 6.39. The molecule has 0 bridgehead atoms. The second kappa shape index (κ2) is 9.63. The molecule has 2 heterocycles. The highest BCUT2D eigenvalue weighted by atomic mass is 19.4. The van der Waals surface area contributed by atoms with Gasteiger partial charge in [-0.15, -0.1) is 0 Å². The summed E-state index contributed by atoms with van der Waals surface area (Å²) in [5.74, 6) is -0.0723. The summed E-state index contributed by atoms with van der Waals surface area (Å²) in [6.45, 7) is 6.06. The van der Waals surface area contributed by atoms with Crippen LogP contribution in [0, 0.1) is 0 Å². The highest BCUT2D eigenvalue weighted by molar-refractivity contribution is 5.40. The number of ether oxygens (including phenoxy) is 2. The maximum absolute atomic E-state index is 12.9. The van der Waals surface area contributed by atoms with Crippen molar-refractivity contribution in [2.45, 2.75) is 45.1 Å². The van der Waals surface area contributed by atoms with Gasteiger partial charge in [0.1, 0.15) is 0 Å². The van der Waals surface area contributed by atoms with Crippen LogP contribution in [0.3, 0.4) is 0 Å². The first kappa shape index (κ1) is 23.2. The quantitative estimate of drug-likeness (QED) is 0.586. The Morgan fingerprint density at radius 3 is 2.00 bits per heavy atom. The number of halogens is 6. The Labute approximate surface area is 164 Å². The van der Waals surface area contributed by atoms with Gasteiger partial charge < -0.3 is 19.3 Å². The third-order valence-electron chi connectivity index (χ3n) is 3.97. The molecule has 1 aromatic rings. The Hall–Kier alpha value is -2.05. The van der Waals surface area contributed by atoms with Gasteiger partial charge in [-0.05, 0) is 12.8 Å². The van der Waals surface area contributed by atoms with E-state index >= 15 is 0 Å². The minimum Gasteiger partial charge on any atom is -0.440 e. The van der Waals surface area contributed by atoms with Crippen molar-refractivity contribution in [1.29, 1.82) is 0 Å². The van der Waals surface area contributed by atoms with Gasteiger partial charge in [-0.1, -0.05) is 13.8 Å². The van der Waals surface area contributed by atoms with Crippen LogP contribution < -0.4 is 14.5 Å². The van der Waals surface area contributed by atoms with Crippen molar-refractivity contribution >= 4 is 11.9 Å². The molecule has 0 saturated carbocycles. The Morgan fingerprint density at radius 2 is 1.52 bits per heavy atom. The van der Waals surface area contributed by atoms with Crippen molar-refractivity contribution in [2.24, 2.45) is 0 Å². The predicted molar refractivity (Wildman–Crippen MR) is 92.2 cm³/mol. The minimum absolute atomic E-state index is 0.0247. The number of anilines is 2. The van der Waals surface area contributed by atoms with Crippen LogP contribution >= 0.6 is 0 Å². The molecule has 1 fully saturated rings. The van der Waals surface area contributed by atoms with Crippen molar-refractivity contribution < 1.29 is 35.8 Å². The Bertz CT molecular complexity index is 632. The van der Waals surface area contributed by atoms with Crippen molar-refractivity contribution in [3.63, 3.8) is 0 Å². The first-order valence-corrected chi connectivity index (χ1v) is 9.20. The normalized spacial score (nSPS) is 15.7. The second-order valence-electron chi connectivity index (χ2n) is 6.39. The molecular formula is C16H23F6N5O2. The number of rotatable bonds is 8. The van der Waals surface area contributed by atoms with E-state index in [0.29, 0.717) is 52.2 Å². The molecule has 13 heteroatoms. The summed E-state index contributed by atoms with van der Waals surface area (Å²) in [7, 11) is 0. The van der Waals surface area contributed by atoms with Crippen LogP contribution in [0.15, 0.2) is 0 Å². The van der Waals surface area contributed by atoms with Crippen LogP contribution in [-0.2, 0) is 4.74 Å². The number of hydrogen-bond donors (Lipinski definition) is 0. The lowest BCUT2D eigenvalue weighted by atomic mass is 10.3. The van der Waals surface area contributed by atoms with Gasteiger partial charge >= 0.3 is 18.4 Å². The maximum Gasteiger partial charge on any atom is 0.434 e. The standard InChI is InChI=1S/C16H23F6N5O2/c1-3-5-26(6-4-2)12-23-13(27-7-9-28-10-8-27)25-14(24-12)29-11(15(17,18)19)16(20,21)22/h11H,3-10H2,1-2H3. The summed E-state index contributed by atoms with van der Waals surface area (Å²) in [5, 5.41) is 0. The van der Waals surface area contributed by atoms with Crippen molar-refractivity contribution in [3.8, 4) is 6.01 Å².